The highest BCUT2D eigenvalue weighted by atomic mass is 19.1. The van der Waals surface area contributed by atoms with E-state index in [2.05, 4.69) is 10.3 Å². The normalized spacial score (nSPS) is 17.2. The monoisotopic (exact) mass is 349 g/mol. The third-order valence-electron chi connectivity index (χ3n) is 4.18. The van der Waals surface area contributed by atoms with Crippen LogP contribution in [0.3, 0.4) is 0 Å². The first-order chi connectivity index (χ1) is 11.8. The Morgan fingerprint density at radius 3 is 2.80 bits per heavy atom. The SMILES string of the molecule is Cc1nc(CNC(=O)C2CC(=O)N(c3ccc(F)cc3F)C2)oc1C. The third-order valence-corrected chi connectivity index (χ3v) is 4.18. The number of aryl methyl sites for hydroxylation is 2. The van der Waals surface area contributed by atoms with E-state index in [0.717, 1.165) is 11.8 Å². The summed E-state index contributed by atoms with van der Waals surface area (Å²) >= 11 is 0. The molecular weight excluding hydrogens is 332 g/mol. The number of aromatic nitrogens is 1. The molecular formula is C17H17F2N3O3. The maximum atomic E-state index is 13.9. The first kappa shape index (κ1) is 17.1. The first-order valence-electron chi connectivity index (χ1n) is 7.81. The topological polar surface area (TPSA) is 75.4 Å². The van der Waals surface area contributed by atoms with Crippen LogP contribution in [0, 0.1) is 31.4 Å². The van der Waals surface area contributed by atoms with Gasteiger partial charge in [-0.05, 0) is 26.0 Å². The van der Waals surface area contributed by atoms with Crippen LogP contribution >= 0.6 is 0 Å². The molecule has 8 heteroatoms. The first-order valence-corrected chi connectivity index (χ1v) is 7.81. The van der Waals surface area contributed by atoms with Crippen LogP contribution in [-0.2, 0) is 16.1 Å². The molecule has 0 saturated carbocycles. The van der Waals surface area contributed by atoms with Crippen molar-refractivity contribution in [1.82, 2.24) is 10.3 Å². The van der Waals surface area contributed by atoms with E-state index in [9.17, 15) is 18.4 Å². The Morgan fingerprint density at radius 1 is 1.40 bits per heavy atom. The number of benzene rings is 1. The molecule has 6 nitrogen and oxygen atoms in total. The van der Waals surface area contributed by atoms with Crippen molar-refractivity contribution in [3.63, 3.8) is 0 Å². The molecule has 25 heavy (non-hydrogen) atoms. The second-order valence-corrected chi connectivity index (χ2v) is 5.97. The quantitative estimate of drug-likeness (QED) is 0.919. The molecule has 0 radical (unpaired) electrons. The Morgan fingerprint density at radius 2 is 2.16 bits per heavy atom. The second-order valence-electron chi connectivity index (χ2n) is 5.97. The van der Waals surface area contributed by atoms with Crippen molar-refractivity contribution >= 4 is 17.5 Å². The fourth-order valence-electron chi connectivity index (χ4n) is 2.74. The van der Waals surface area contributed by atoms with Crippen molar-refractivity contribution < 1.29 is 22.8 Å². The number of carbonyl (C=O) groups is 2. The average molecular weight is 349 g/mol. The summed E-state index contributed by atoms with van der Waals surface area (Å²) < 4.78 is 32.2. The molecule has 1 saturated heterocycles. The molecule has 0 bridgehead atoms. The number of rotatable bonds is 4. The lowest BCUT2D eigenvalue weighted by molar-refractivity contribution is -0.126. The molecule has 1 aromatic heterocycles. The summed E-state index contributed by atoms with van der Waals surface area (Å²) in [4.78, 5) is 29.7. The van der Waals surface area contributed by atoms with Gasteiger partial charge in [-0.3, -0.25) is 9.59 Å². The van der Waals surface area contributed by atoms with Crippen molar-refractivity contribution in [2.45, 2.75) is 26.8 Å². The van der Waals surface area contributed by atoms with E-state index < -0.39 is 17.6 Å². The third kappa shape index (κ3) is 3.52. The minimum Gasteiger partial charge on any atom is -0.444 e. The number of carbonyl (C=O) groups excluding carboxylic acids is 2. The summed E-state index contributed by atoms with van der Waals surface area (Å²) in [6.45, 7) is 3.73. The predicted octanol–water partition coefficient (Wildman–Crippen LogP) is 2.24. The fourth-order valence-corrected chi connectivity index (χ4v) is 2.74. The molecule has 2 aromatic rings. The van der Waals surface area contributed by atoms with Crippen molar-refractivity contribution in [3.05, 3.63) is 47.2 Å². The molecule has 0 aliphatic carbocycles. The molecule has 1 fully saturated rings. The van der Waals surface area contributed by atoms with Crippen LogP contribution in [0.2, 0.25) is 0 Å². The minimum absolute atomic E-state index is 0.0272. The van der Waals surface area contributed by atoms with Crippen molar-refractivity contribution in [1.29, 1.82) is 0 Å². The highest BCUT2D eigenvalue weighted by molar-refractivity contribution is 6.00. The van der Waals surface area contributed by atoms with E-state index in [0.29, 0.717) is 17.7 Å². The van der Waals surface area contributed by atoms with Gasteiger partial charge in [-0.1, -0.05) is 0 Å². The van der Waals surface area contributed by atoms with Crippen molar-refractivity contribution in [2.75, 3.05) is 11.4 Å². The van der Waals surface area contributed by atoms with Crippen LogP contribution < -0.4 is 10.2 Å². The summed E-state index contributed by atoms with van der Waals surface area (Å²) in [6.07, 6.45) is -0.0354. The van der Waals surface area contributed by atoms with Crippen molar-refractivity contribution in [2.24, 2.45) is 5.92 Å². The number of oxazole rings is 1. The second kappa shape index (κ2) is 6.62. The zero-order valence-corrected chi connectivity index (χ0v) is 13.8. The molecule has 1 atom stereocenters. The molecule has 1 N–H and O–H groups in total. The van der Waals surface area contributed by atoms with Crippen LogP contribution in [0.4, 0.5) is 14.5 Å². The summed E-state index contributed by atoms with van der Waals surface area (Å²) in [6, 6.07) is 2.98. The molecule has 1 aliphatic rings. The number of hydrogen-bond donors (Lipinski definition) is 1. The summed E-state index contributed by atoms with van der Waals surface area (Å²) in [7, 11) is 0. The summed E-state index contributed by atoms with van der Waals surface area (Å²) in [5.41, 5.74) is 0.721. The van der Waals surface area contributed by atoms with Gasteiger partial charge in [0.1, 0.15) is 17.4 Å². The number of halogens is 2. The van der Waals surface area contributed by atoms with E-state index in [1.165, 1.54) is 11.0 Å². The molecule has 1 unspecified atom stereocenters. The van der Waals surface area contributed by atoms with Crippen molar-refractivity contribution in [3.8, 4) is 0 Å². The predicted molar refractivity (Wildman–Crippen MR) is 84.6 cm³/mol. The Hall–Kier alpha value is -2.77. The lowest BCUT2D eigenvalue weighted by atomic mass is 10.1. The highest BCUT2D eigenvalue weighted by Gasteiger charge is 2.36. The molecule has 1 aliphatic heterocycles. The van der Waals surface area contributed by atoms with Gasteiger partial charge in [-0.15, -0.1) is 0 Å². The highest BCUT2D eigenvalue weighted by Crippen LogP contribution is 2.28. The van der Waals surface area contributed by atoms with Gasteiger partial charge in [0, 0.05) is 19.0 Å². The van der Waals surface area contributed by atoms with Gasteiger partial charge >= 0.3 is 0 Å². The number of hydrogen-bond acceptors (Lipinski definition) is 4. The van der Waals surface area contributed by atoms with E-state index in [1.807, 2.05) is 0 Å². The zero-order chi connectivity index (χ0) is 18.1. The Labute approximate surface area is 142 Å². The summed E-state index contributed by atoms with van der Waals surface area (Å²) in [5, 5.41) is 2.67. The smallest absolute Gasteiger partial charge is 0.227 e. The maximum absolute atomic E-state index is 13.9. The molecule has 3 rings (SSSR count). The standard InChI is InChI=1S/C17H17F2N3O3/c1-9-10(2)25-15(21-9)7-20-17(24)11-5-16(23)22(8-11)14-4-3-12(18)6-13(14)19/h3-4,6,11H,5,7-8H2,1-2H3,(H,20,24). The lowest BCUT2D eigenvalue weighted by Gasteiger charge is -2.17. The van der Waals surface area contributed by atoms with E-state index >= 15 is 0 Å². The maximum Gasteiger partial charge on any atom is 0.227 e. The van der Waals surface area contributed by atoms with Crippen LogP contribution in [0.25, 0.3) is 0 Å². The van der Waals surface area contributed by atoms with Crippen LogP contribution in [-0.4, -0.2) is 23.3 Å². The van der Waals surface area contributed by atoms with Gasteiger partial charge in [-0.2, -0.15) is 0 Å². The van der Waals surface area contributed by atoms with Gasteiger partial charge in [-0.25, -0.2) is 13.8 Å². The number of nitrogens with one attached hydrogen (secondary N) is 1. The van der Waals surface area contributed by atoms with Gasteiger partial charge < -0.3 is 14.6 Å². The Bertz CT molecular complexity index is 815. The van der Waals surface area contributed by atoms with Gasteiger partial charge in [0.25, 0.3) is 0 Å². The Balaban J connectivity index is 1.64. The van der Waals surface area contributed by atoms with Gasteiger partial charge in [0.15, 0.2) is 0 Å². The number of nitrogens with zero attached hydrogens (tertiary/aromatic N) is 2. The molecule has 132 valence electrons. The number of amides is 2. The van der Waals surface area contributed by atoms with E-state index in [-0.39, 0.29) is 37.0 Å². The van der Waals surface area contributed by atoms with Crippen LogP contribution in [0.15, 0.2) is 22.6 Å². The molecule has 2 amide bonds. The van der Waals surface area contributed by atoms with Crippen LogP contribution in [0.5, 0.6) is 0 Å². The number of anilines is 1. The van der Waals surface area contributed by atoms with Gasteiger partial charge in [0.2, 0.25) is 17.7 Å². The molecule has 0 spiro atoms. The van der Waals surface area contributed by atoms with Crippen LogP contribution in [0.1, 0.15) is 23.8 Å². The Kier molecular flexibility index (Phi) is 4.52. The van der Waals surface area contributed by atoms with E-state index in [4.69, 9.17) is 4.42 Å². The minimum atomic E-state index is -0.833. The lowest BCUT2D eigenvalue weighted by Crippen LogP contribution is -2.33. The molecule has 2 heterocycles. The van der Waals surface area contributed by atoms with Gasteiger partial charge in [0.05, 0.1) is 23.8 Å². The average Bonchev–Trinajstić information content (AvgIpc) is 3.08. The van der Waals surface area contributed by atoms with E-state index in [1.54, 1.807) is 13.8 Å². The zero-order valence-electron chi connectivity index (χ0n) is 13.8. The fraction of sp³-hybridized carbons (Fsp3) is 0.353. The molecule has 1 aromatic carbocycles. The largest absolute Gasteiger partial charge is 0.444 e. The summed E-state index contributed by atoms with van der Waals surface area (Å²) in [5.74, 6) is -1.83.